The van der Waals surface area contributed by atoms with Gasteiger partial charge in [-0.1, -0.05) is 60.1 Å². The van der Waals surface area contributed by atoms with Gasteiger partial charge >= 0.3 is 0 Å². The van der Waals surface area contributed by atoms with Gasteiger partial charge in [-0.15, -0.1) is 5.10 Å². The summed E-state index contributed by atoms with van der Waals surface area (Å²) in [5.41, 5.74) is 10.6. The van der Waals surface area contributed by atoms with Gasteiger partial charge in [0.15, 0.2) is 11.5 Å². The summed E-state index contributed by atoms with van der Waals surface area (Å²) in [6.07, 6.45) is 0. The van der Waals surface area contributed by atoms with Gasteiger partial charge in [-0.2, -0.15) is 5.26 Å². The Morgan fingerprint density at radius 3 is 2.57 bits per heavy atom. The molecule has 3 aromatic carbocycles. The van der Waals surface area contributed by atoms with E-state index in [-0.39, 0.29) is 5.88 Å². The number of hydrogen-bond acceptors (Lipinski definition) is 6. The highest BCUT2D eigenvalue weighted by Gasteiger charge is 2.36. The molecule has 1 aliphatic heterocycles. The number of nitrogens with one attached hydrogen (secondary N) is 1. The van der Waals surface area contributed by atoms with Crippen molar-refractivity contribution in [2.24, 2.45) is 5.73 Å². The van der Waals surface area contributed by atoms with E-state index in [1.807, 2.05) is 72.8 Å². The molecule has 1 aromatic heterocycles. The molecule has 0 aliphatic carbocycles. The van der Waals surface area contributed by atoms with Crippen LogP contribution in [0.15, 0.2) is 84.3 Å². The predicted octanol–water partition coefficient (Wildman–Crippen LogP) is 5.54. The van der Waals surface area contributed by atoms with Crippen molar-refractivity contribution in [2.45, 2.75) is 12.5 Å². The number of hydrogen-bond donors (Lipinski definition) is 2. The standard InChI is InChI=1S/C27H21ClN4O3/c1-33-22-13-18(9-12-21(22)34-15-16-7-10-19(28)11-8-16)23-20(14-29)26(30)35-27-24(23)25(31-32-27)17-5-3-2-4-6-17/h2-13,23H,15,30H2,1H3,(H,31,32). The summed E-state index contributed by atoms with van der Waals surface area (Å²) < 4.78 is 17.3. The number of allylic oxidation sites excluding steroid dienone is 1. The minimum Gasteiger partial charge on any atom is -0.493 e. The number of fused-ring (bicyclic) bond motifs is 1. The number of nitriles is 1. The van der Waals surface area contributed by atoms with Crippen molar-refractivity contribution in [3.05, 3.63) is 106 Å². The van der Waals surface area contributed by atoms with Crippen molar-refractivity contribution < 1.29 is 14.2 Å². The first kappa shape index (κ1) is 22.4. The lowest BCUT2D eigenvalue weighted by molar-refractivity contribution is 0.284. The van der Waals surface area contributed by atoms with E-state index in [1.54, 1.807) is 7.11 Å². The minimum atomic E-state index is -0.503. The largest absolute Gasteiger partial charge is 0.493 e. The highest BCUT2D eigenvalue weighted by atomic mass is 35.5. The van der Waals surface area contributed by atoms with Gasteiger partial charge in [-0.25, -0.2) is 0 Å². The molecule has 35 heavy (non-hydrogen) atoms. The summed E-state index contributed by atoms with van der Waals surface area (Å²) in [7, 11) is 1.58. The lowest BCUT2D eigenvalue weighted by Gasteiger charge is -2.25. The smallest absolute Gasteiger partial charge is 0.244 e. The zero-order valence-corrected chi connectivity index (χ0v) is 19.5. The van der Waals surface area contributed by atoms with Crippen LogP contribution in [0, 0.1) is 11.3 Å². The molecule has 3 N–H and O–H groups in total. The number of methoxy groups -OCH3 is 1. The number of nitrogens with two attached hydrogens (primary N) is 1. The second-order valence-corrected chi connectivity index (χ2v) is 8.37. The Balaban J connectivity index is 1.54. The van der Waals surface area contributed by atoms with Crippen LogP contribution in [0.25, 0.3) is 11.3 Å². The molecule has 0 saturated carbocycles. The first-order valence-corrected chi connectivity index (χ1v) is 11.2. The number of H-pyrrole nitrogens is 1. The molecule has 4 aromatic rings. The Hall–Kier alpha value is -4.41. The van der Waals surface area contributed by atoms with Crippen LogP contribution in [0.5, 0.6) is 17.4 Å². The van der Waals surface area contributed by atoms with Crippen LogP contribution < -0.4 is 19.9 Å². The number of ether oxygens (including phenoxy) is 3. The van der Waals surface area contributed by atoms with Gasteiger partial charge in [0, 0.05) is 5.02 Å². The molecule has 1 atom stereocenters. The highest BCUT2D eigenvalue weighted by Crippen LogP contribution is 2.47. The van der Waals surface area contributed by atoms with E-state index in [4.69, 9.17) is 31.5 Å². The van der Waals surface area contributed by atoms with Gasteiger partial charge in [-0.3, -0.25) is 5.10 Å². The Kier molecular flexibility index (Phi) is 6.04. The minimum absolute atomic E-state index is 0.0261. The van der Waals surface area contributed by atoms with Crippen LogP contribution in [0.2, 0.25) is 5.02 Å². The van der Waals surface area contributed by atoms with Gasteiger partial charge in [-0.05, 0) is 41.0 Å². The molecule has 0 radical (unpaired) electrons. The molecule has 174 valence electrons. The maximum atomic E-state index is 9.96. The first-order valence-electron chi connectivity index (χ1n) is 10.9. The molecule has 1 aliphatic rings. The first-order chi connectivity index (χ1) is 17.1. The van der Waals surface area contributed by atoms with Crippen molar-refractivity contribution in [2.75, 3.05) is 7.11 Å². The van der Waals surface area contributed by atoms with Crippen LogP contribution in [-0.4, -0.2) is 17.3 Å². The van der Waals surface area contributed by atoms with E-state index < -0.39 is 5.92 Å². The molecule has 0 saturated heterocycles. The monoisotopic (exact) mass is 484 g/mol. The Bertz CT molecular complexity index is 1440. The van der Waals surface area contributed by atoms with Crippen LogP contribution in [-0.2, 0) is 6.61 Å². The van der Waals surface area contributed by atoms with E-state index in [0.717, 1.165) is 27.9 Å². The van der Waals surface area contributed by atoms with E-state index in [0.29, 0.717) is 34.6 Å². The summed E-state index contributed by atoms with van der Waals surface area (Å²) in [5.74, 6) is 0.969. The van der Waals surface area contributed by atoms with Crippen LogP contribution in [0.4, 0.5) is 0 Å². The zero-order valence-electron chi connectivity index (χ0n) is 18.8. The second kappa shape index (κ2) is 9.45. The number of benzene rings is 3. The quantitative estimate of drug-likeness (QED) is 0.372. The Morgan fingerprint density at radius 1 is 1.09 bits per heavy atom. The van der Waals surface area contributed by atoms with Crippen LogP contribution in [0.3, 0.4) is 0 Å². The summed E-state index contributed by atoms with van der Waals surface area (Å²) in [4.78, 5) is 0. The predicted molar refractivity (Wildman–Crippen MR) is 132 cm³/mol. The molecule has 0 spiro atoms. The topological polar surface area (TPSA) is 106 Å². The lowest BCUT2D eigenvalue weighted by atomic mass is 9.83. The van der Waals surface area contributed by atoms with Gasteiger partial charge in [0.05, 0.1) is 24.3 Å². The van der Waals surface area contributed by atoms with Gasteiger partial charge in [0.1, 0.15) is 18.2 Å². The second-order valence-electron chi connectivity index (χ2n) is 7.93. The number of aromatic amines is 1. The average molecular weight is 485 g/mol. The fourth-order valence-corrected chi connectivity index (χ4v) is 4.25. The molecule has 0 fully saturated rings. The fraction of sp³-hybridized carbons (Fsp3) is 0.111. The zero-order chi connectivity index (χ0) is 24.4. The maximum absolute atomic E-state index is 9.96. The number of halogens is 1. The Morgan fingerprint density at radius 2 is 1.86 bits per heavy atom. The molecule has 5 rings (SSSR count). The Labute approximate surface area is 207 Å². The summed E-state index contributed by atoms with van der Waals surface area (Å²) in [6, 6.07) is 25.0. The van der Waals surface area contributed by atoms with Gasteiger partial charge < -0.3 is 19.9 Å². The van der Waals surface area contributed by atoms with E-state index in [1.165, 1.54) is 0 Å². The molecular formula is C27H21ClN4O3. The molecule has 0 amide bonds. The molecule has 1 unspecified atom stereocenters. The normalized spacial score (nSPS) is 14.6. The van der Waals surface area contributed by atoms with Gasteiger partial charge in [0.2, 0.25) is 11.8 Å². The number of rotatable bonds is 6. The third-order valence-electron chi connectivity index (χ3n) is 5.83. The molecule has 2 heterocycles. The van der Waals surface area contributed by atoms with Crippen molar-refractivity contribution in [1.29, 1.82) is 5.26 Å². The number of nitrogens with zero attached hydrogens (tertiary/aromatic N) is 2. The van der Waals surface area contributed by atoms with E-state index >= 15 is 0 Å². The van der Waals surface area contributed by atoms with E-state index in [2.05, 4.69) is 16.3 Å². The van der Waals surface area contributed by atoms with Crippen LogP contribution >= 0.6 is 11.6 Å². The van der Waals surface area contributed by atoms with Gasteiger partial charge in [0.25, 0.3) is 0 Å². The molecule has 7 nitrogen and oxygen atoms in total. The lowest BCUT2D eigenvalue weighted by Crippen LogP contribution is -2.21. The molecule has 0 bridgehead atoms. The number of aromatic nitrogens is 2. The summed E-state index contributed by atoms with van der Waals surface area (Å²) >= 11 is 5.97. The van der Waals surface area contributed by atoms with Crippen molar-refractivity contribution in [3.8, 4) is 34.7 Å². The highest BCUT2D eigenvalue weighted by molar-refractivity contribution is 6.30. The molecule has 8 heteroatoms. The van der Waals surface area contributed by atoms with Crippen molar-refractivity contribution in [3.63, 3.8) is 0 Å². The summed E-state index contributed by atoms with van der Waals surface area (Å²) in [6.45, 7) is 0.352. The third-order valence-corrected chi connectivity index (χ3v) is 6.08. The van der Waals surface area contributed by atoms with E-state index in [9.17, 15) is 5.26 Å². The SMILES string of the molecule is COc1cc(C2C(C#N)=C(N)Oc3n[nH]c(-c4ccccc4)c32)ccc1OCc1ccc(Cl)cc1. The third kappa shape index (κ3) is 4.27. The van der Waals surface area contributed by atoms with Crippen molar-refractivity contribution in [1.82, 2.24) is 10.2 Å². The van der Waals surface area contributed by atoms with Crippen LogP contribution in [0.1, 0.15) is 22.6 Å². The average Bonchev–Trinajstić information content (AvgIpc) is 3.31. The summed E-state index contributed by atoms with van der Waals surface area (Å²) in [5, 5.41) is 18.0. The maximum Gasteiger partial charge on any atom is 0.244 e. The van der Waals surface area contributed by atoms with Crippen molar-refractivity contribution >= 4 is 11.6 Å². The fourth-order valence-electron chi connectivity index (χ4n) is 4.13. The molecular weight excluding hydrogens is 464 g/mol.